The minimum absolute atomic E-state index is 0.0463. The van der Waals surface area contributed by atoms with Crippen LogP contribution in [-0.4, -0.2) is 162 Å². The number of hydrogen-bond donors (Lipinski definition) is 2. The van der Waals surface area contributed by atoms with Gasteiger partial charge in [0.05, 0.1) is 57.9 Å². The van der Waals surface area contributed by atoms with Crippen LogP contribution in [0.15, 0.2) is 149 Å². The number of carbonyl (C=O) groups excluding carboxylic acids is 5. The molecular weight excluding hydrogens is 1720 g/mol. The van der Waals surface area contributed by atoms with Gasteiger partial charge in [0.25, 0.3) is 22.2 Å². The second-order valence-corrected chi connectivity index (χ2v) is 35.5. The zero-order chi connectivity index (χ0) is 94.1. The van der Waals surface area contributed by atoms with Gasteiger partial charge >= 0.3 is 52.7 Å². The zero-order valence-electron chi connectivity index (χ0n) is 74.1. The number of para-hydroxylation sites is 1. The van der Waals surface area contributed by atoms with Crippen LogP contribution in [0.25, 0.3) is 61.5 Å². The van der Waals surface area contributed by atoms with E-state index in [2.05, 4.69) is 61.6 Å². The van der Waals surface area contributed by atoms with Crippen LogP contribution in [0.5, 0.6) is 0 Å². The highest BCUT2D eigenvalue weighted by Gasteiger charge is 2.33. The maximum Gasteiger partial charge on any atom is 0.410 e. The Morgan fingerprint density at radius 3 is 1.38 bits per heavy atom. The number of anilines is 1. The molecule has 0 spiro atoms. The molecule has 0 aliphatic carbocycles. The van der Waals surface area contributed by atoms with E-state index in [1.165, 1.54) is 55.6 Å². The molecule has 0 bridgehead atoms. The van der Waals surface area contributed by atoms with E-state index in [4.69, 9.17) is 58.5 Å². The molecule has 1 saturated heterocycles. The lowest BCUT2D eigenvalue weighted by atomic mass is 9.97. The standard InChI is InChI=1S/C19H22N4O4.C18H22Cl2N6O2.C18H19ClN4O4.C18H20N4O4.C12H16N4O4/c1-19(2,3)17(25)27-12-23-15-14(16(24)21(4)18(23)26)22(11-20-15)10-13-8-6-5-7-9-13;1-5-6-7-26-12-13(19)21-15(20)22-14(12)23-16(26)24-8-10-25(11-9-24)17(27)28-18(2,3)4;1-18(2,3)16(25)27-10-23-14-13(15(24)21(4)17(23)26)22(9-20-14)12-8-6-5-7-11(12)19;1-18(2,3)16(24)26-11-22-14-13(15(23)20-17(22)25)21(10-19-14)9-12-7-5-4-6-8-12;1-12(2,3)10(18)20-6-16-8-7(13-5-14-8)9(17)15(4)11(16)19/h5-9,11H,10,12H2,1-4H3;7-11H2,1-4H3;5-9H,10H2,1-4H3;4-8,10H,9,11H2,1-3H3,(H,20,23,25);5H,6H2,1-4H3,(H,13,14). The molecule has 10 aromatic heterocycles. The smallest absolute Gasteiger partial charge is 0.410 e. The van der Waals surface area contributed by atoms with Gasteiger partial charge in [-0.3, -0.25) is 66.2 Å². The van der Waals surface area contributed by atoms with Gasteiger partial charge in [-0.25, -0.2) is 67.2 Å². The Labute approximate surface area is 744 Å². The summed E-state index contributed by atoms with van der Waals surface area (Å²) in [7, 11) is 4.11. The highest BCUT2D eigenvalue weighted by atomic mass is 35.5. The van der Waals surface area contributed by atoms with Crippen LogP contribution in [0.2, 0.25) is 15.5 Å². The third-order valence-electron chi connectivity index (χ3n) is 19.2. The fourth-order valence-electron chi connectivity index (χ4n) is 12.2. The predicted octanol–water partition coefficient (Wildman–Crippen LogP) is 8.24. The van der Waals surface area contributed by atoms with Crippen molar-refractivity contribution in [2.24, 2.45) is 42.8 Å². The minimum atomic E-state index is -0.722. The number of amides is 1. The van der Waals surface area contributed by atoms with E-state index in [9.17, 15) is 62.3 Å². The molecule has 43 heteroatoms. The number of H-pyrrole nitrogens is 2. The van der Waals surface area contributed by atoms with E-state index in [0.29, 0.717) is 73.6 Å². The molecule has 0 saturated carbocycles. The summed E-state index contributed by atoms with van der Waals surface area (Å²) in [4.78, 5) is 197. The Hall–Kier alpha value is -13.8. The summed E-state index contributed by atoms with van der Waals surface area (Å²) >= 11 is 18.5. The third kappa shape index (κ3) is 22.3. The SMILES string of the molecule is CC#CCn1c(N2CCN(C(=O)OC(C)(C)C)CC2)nc2nc(Cl)nc(Cl)c21.CC(C)(C)C(=O)OCn1c(=O)[nH]c(=O)c2c1ncn2Cc1ccccc1.Cn1c(=O)c2[nH]cnc2n(COC(=O)C(C)(C)C)c1=O.Cn1c(=O)c2c(ncn2-c2ccccc2Cl)n(COC(=O)C(C)(C)C)c1=O.Cn1c(=O)c2c(ncn2Cc2ccccc2)n(COC(=O)C(C)(C)C)c1=O. The van der Waals surface area contributed by atoms with E-state index in [1.54, 1.807) is 128 Å². The summed E-state index contributed by atoms with van der Waals surface area (Å²) in [6.07, 6.45) is 5.43. The maximum atomic E-state index is 12.7. The first-order valence-corrected chi connectivity index (χ1v) is 41.0. The molecule has 14 rings (SSSR count). The molecule has 1 amide bonds. The van der Waals surface area contributed by atoms with Crippen molar-refractivity contribution in [1.29, 1.82) is 0 Å². The number of imidazole rings is 5. The molecule has 1 fully saturated rings. The number of carbonyl (C=O) groups is 5. The first-order chi connectivity index (χ1) is 60.0. The van der Waals surface area contributed by atoms with Crippen molar-refractivity contribution >= 4 is 127 Å². The summed E-state index contributed by atoms with van der Waals surface area (Å²) in [5.74, 6) is 4.78. The Bertz CT molecular complexity index is 6950. The second-order valence-electron chi connectivity index (χ2n) is 34.4. The Kier molecular flexibility index (Phi) is 29.7. The normalized spacial score (nSPS) is 12.4. The fraction of sp³-hybridized carbons (Fsp3) is 0.412. The molecule has 0 unspecified atom stereocenters. The lowest BCUT2D eigenvalue weighted by molar-refractivity contribution is -0.157. The number of rotatable bonds is 15. The van der Waals surface area contributed by atoms with Gasteiger partial charge in [-0.15, -0.1) is 5.92 Å². The van der Waals surface area contributed by atoms with E-state index < -0.39 is 96.1 Å². The molecule has 40 nitrogen and oxygen atoms in total. The van der Waals surface area contributed by atoms with Crippen LogP contribution in [0.1, 0.15) is 122 Å². The molecule has 0 atom stereocenters. The molecule has 128 heavy (non-hydrogen) atoms. The van der Waals surface area contributed by atoms with Crippen molar-refractivity contribution in [2.45, 2.75) is 163 Å². The predicted molar refractivity (Wildman–Crippen MR) is 477 cm³/mol. The van der Waals surface area contributed by atoms with Crippen molar-refractivity contribution in [3.63, 3.8) is 0 Å². The lowest BCUT2D eigenvalue weighted by Crippen LogP contribution is -2.50. The van der Waals surface area contributed by atoms with E-state index in [0.717, 1.165) is 38.5 Å². The molecular formula is C85H99Cl3N22O18. The average molecular weight is 1820 g/mol. The summed E-state index contributed by atoms with van der Waals surface area (Å²) < 4.78 is 40.5. The number of aromatic nitrogens is 20. The number of benzene rings is 3. The number of esters is 4. The second kappa shape index (κ2) is 39.4. The Morgan fingerprint density at radius 1 is 0.469 bits per heavy atom. The van der Waals surface area contributed by atoms with Crippen LogP contribution >= 0.6 is 34.8 Å². The lowest BCUT2D eigenvalue weighted by Gasteiger charge is -2.36. The van der Waals surface area contributed by atoms with Crippen molar-refractivity contribution in [3.05, 3.63) is 220 Å². The minimum Gasteiger partial charge on any atom is -0.444 e. The molecule has 13 aromatic rings. The first kappa shape index (κ1) is 96.4. The largest absolute Gasteiger partial charge is 0.444 e. The first-order valence-electron chi connectivity index (χ1n) is 39.9. The van der Waals surface area contributed by atoms with Gasteiger partial charge in [0.1, 0.15) is 23.0 Å². The fourth-order valence-corrected chi connectivity index (χ4v) is 12.9. The van der Waals surface area contributed by atoms with Crippen molar-refractivity contribution in [3.8, 4) is 17.5 Å². The van der Waals surface area contributed by atoms with Crippen molar-refractivity contribution in [2.75, 3.05) is 31.1 Å². The van der Waals surface area contributed by atoms with Gasteiger partial charge in [0.15, 0.2) is 76.9 Å². The monoisotopic (exact) mass is 1820 g/mol. The summed E-state index contributed by atoms with van der Waals surface area (Å²) in [6, 6.07) is 26.2. The number of halogens is 3. The number of piperazine rings is 1. The maximum absolute atomic E-state index is 12.7. The van der Waals surface area contributed by atoms with Gasteiger partial charge < -0.3 is 47.6 Å². The molecule has 11 heterocycles. The topological polar surface area (TPSA) is 451 Å². The molecule has 1 aliphatic heterocycles. The molecule has 678 valence electrons. The van der Waals surface area contributed by atoms with E-state index in [-0.39, 0.29) is 88.1 Å². The Morgan fingerprint density at radius 2 is 0.898 bits per heavy atom. The van der Waals surface area contributed by atoms with Crippen LogP contribution < -0.4 is 49.9 Å². The summed E-state index contributed by atoms with van der Waals surface area (Å²) in [5.41, 5.74) is -2.64. The summed E-state index contributed by atoms with van der Waals surface area (Å²) in [6.45, 7) is 30.2. The number of nitrogens with zero attached hydrogens (tertiary/aromatic N) is 20. The highest BCUT2D eigenvalue weighted by Crippen LogP contribution is 2.30. The Balaban J connectivity index is 0.000000167. The van der Waals surface area contributed by atoms with Gasteiger partial charge in [-0.2, -0.15) is 9.97 Å². The van der Waals surface area contributed by atoms with E-state index >= 15 is 0 Å². The van der Waals surface area contributed by atoms with Crippen LogP contribution in [0.3, 0.4) is 0 Å². The van der Waals surface area contributed by atoms with Crippen LogP contribution in [0, 0.1) is 33.5 Å². The number of fused-ring (bicyclic) bond motifs is 5. The summed E-state index contributed by atoms with van der Waals surface area (Å²) in [5, 5.41) is 0.708. The third-order valence-corrected chi connectivity index (χ3v) is 19.9. The molecule has 0 radical (unpaired) electrons. The van der Waals surface area contributed by atoms with Crippen molar-refractivity contribution < 1.29 is 47.7 Å². The zero-order valence-corrected chi connectivity index (χ0v) is 76.4. The average Bonchev–Trinajstić information content (AvgIpc) is 1.59. The van der Waals surface area contributed by atoms with Crippen molar-refractivity contribution in [1.82, 2.24) is 100.0 Å². The number of nitrogens with one attached hydrogen (secondary N) is 2. The number of hydrogen-bond acceptors (Lipinski definition) is 26. The quantitative estimate of drug-likeness (QED) is 0.0320. The van der Waals surface area contributed by atoms with Gasteiger partial charge in [0.2, 0.25) is 11.2 Å². The highest BCUT2D eigenvalue weighted by molar-refractivity contribution is 6.35. The van der Waals surface area contributed by atoms with Crippen LogP contribution in [0.4, 0.5) is 10.7 Å². The van der Waals surface area contributed by atoms with E-state index in [1.807, 2.05) is 86.0 Å². The number of ether oxygens (including phenoxy) is 5. The molecule has 3 aromatic carbocycles. The molecule has 1 aliphatic rings. The number of aromatic amines is 2. The van der Waals surface area contributed by atoms with Crippen LogP contribution in [-0.2, 0) is 111 Å². The van der Waals surface area contributed by atoms with Gasteiger partial charge in [0, 0.05) is 60.4 Å². The van der Waals surface area contributed by atoms with Gasteiger partial charge in [-0.05, 0) is 146 Å². The van der Waals surface area contributed by atoms with Gasteiger partial charge in [-0.1, -0.05) is 102 Å². The molecule has 2 N–H and O–H groups in total.